The van der Waals surface area contributed by atoms with Gasteiger partial charge in [0.2, 0.25) is 10.0 Å². The Kier molecular flexibility index (Phi) is 5.02. The molecule has 0 unspecified atom stereocenters. The number of ether oxygens (including phenoxy) is 1. The molecule has 1 aromatic carbocycles. The van der Waals surface area contributed by atoms with Gasteiger partial charge in [0, 0.05) is 25.7 Å². The van der Waals surface area contributed by atoms with Crippen molar-refractivity contribution < 1.29 is 18.1 Å². The predicted molar refractivity (Wildman–Crippen MR) is 88.5 cm³/mol. The number of hydrogen-bond donors (Lipinski definition) is 1. The smallest absolute Gasteiger partial charge is 0.293 e. The summed E-state index contributed by atoms with van der Waals surface area (Å²) in [5, 5.41) is 14.4. The number of morpholine rings is 1. The van der Waals surface area contributed by atoms with Crippen LogP contribution in [0.15, 0.2) is 23.1 Å². The molecule has 1 N–H and O–H groups in total. The first kappa shape index (κ1) is 17.1. The van der Waals surface area contributed by atoms with Gasteiger partial charge in [-0.15, -0.1) is 0 Å². The second kappa shape index (κ2) is 7.04. The average molecular weight is 355 g/mol. The Morgan fingerprint density at radius 3 is 2.62 bits per heavy atom. The molecule has 24 heavy (non-hydrogen) atoms. The van der Waals surface area contributed by atoms with E-state index in [-0.39, 0.29) is 23.7 Å². The van der Waals surface area contributed by atoms with Crippen molar-refractivity contribution in [2.45, 2.75) is 24.2 Å². The molecule has 2 aliphatic rings. The van der Waals surface area contributed by atoms with Crippen molar-refractivity contribution in [3.63, 3.8) is 0 Å². The van der Waals surface area contributed by atoms with Crippen LogP contribution in [0.3, 0.4) is 0 Å². The van der Waals surface area contributed by atoms with Gasteiger partial charge in [0.1, 0.15) is 5.69 Å². The SMILES string of the molecule is O=[N+]([O-])c1cc(S(=O)(=O)N2CCOCC2)ccc1NCCC1CC1. The molecule has 0 amide bonds. The Balaban J connectivity index is 1.80. The lowest BCUT2D eigenvalue weighted by atomic mass is 10.2. The van der Waals surface area contributed by atoms with Gasteiger partial charge >= 0.3 is 0 Å². The van der Waals surface area contributed by atoms with Crippen LogP contribution < -0.4 is 5.32 Å². The molecule has 1 saturated heterocycles. The highest BCUT2D eigenvalue weighted by Gasteiger charge is 2.29. The summed E-state index contributed by atoms with van der Waals surface area (Å²) >= 11 is 0. The van der Waals surface area contributed by atoms with Crippen LogP contribution in [0.4, 0.5) is 11.4 Å². The molecular formula is C15H21N3O5S. The number of rotatable bonds is 7. The maximum Gasteiger partial charge on any atom is 0.293 e. The number of hydrogen-bond acceptors (Lipinski definition) is 6. The summed E-state index contributed by atoms with van der Waals surface area (Å²) < 4.78 is 31.7. The predicted octanol–water partition coefficient (Wildman–Crippen LogP) is 1.83. The van der Waals surface area contributed by atoms with Gasteiger partial charge in [0.25, 0.3) is 5.69 Å². The number of nitrogens with one attached hydrogen (secondary N) is 1. The molecule has 1 aliphatic carbocycles. The minimum absolute atomic E-state index is 0.0520. The van der Waals surface area contributed by atoms with Crippen molar-refractivity contribution in [3.05, 3.63) is 28.3 Å². The third-order valence-corrected chi connectivity index (χ3v) is 6.23. The van der Waals surface area contributed by atoms with E-state index in [9.17, 15) is 18.5 Å². The number of nitrogens with zero attached hydrogens (tertiary/aromatic N) is 2. The zero-order valence-corrected chi connectivity index (χ0v) is 14.1. The topological polar surface area (TPSA) is 102 Å². The van der Waals surface area contributed by atoms with Gasteiger partial charge in [-0.2, -0.15) is 4.31 Å². The fraction of sp³-hybridized carbons (Fsp3) is 0.600. The molecule has 3 rings (SSSR count). The van der Waals surface area contributed by atoms with Gasteiger partial charge in [0.15, 0.2) is 0 Å². The number of anilines is 1. The first-order chi connectivity index (χ1) is 11.5. The van der Waals surface area contributed by atoms with Gasteiger partial charge in [-0.3, -0.25) is 10.1 Å². The van der Waals surface area contributed by atoms with Crippen LogP contribution in [-0.2, 0) is 14.8 Å². The van der Waals surface area contributed by atoms with Gasteiger partial charge in [-0.25, -0.2) is 8.42 Å². The van der Waals surface area contributed by atoms with Crippen LogP contribution in [0.25, 0.3) is 0 Å². The lowest BCUT2D eigenvalue weighted by molar-refractivity contribution is -0.384. The Morgan fingerprint density at radius 2 is 2.00 bits per heavy atom. The minimum atomic E-state index is -3.74. The highest BCUT2D eigenvalue weighted by Crippen LogP contribution is 2.33. The molecule has 0 spiro atoms. The summed E-state index contributed by atoms with van der Waals surface area (Å²) in [5.74, 6) is 0.720. The van der Waals surface area contributed by atoms with Crippen molar-refractivity contribution in [1.82, 2.24) is 4.31 Å². The van der Waals surface area contributed by atoms with E-state index in [1.807, 2.05) is 0 Å². The van der Waals surface area contributed by atoms with Crippen molar-refractivity contribution in [2.24, 2.45) is 5.92 Å². The number of benzene rings is 1. The zero-order valence-electron chi connectivity index (χ0n) is 13.3. The van der Waals surface area contributed by atoms with Crippen LogP contribution >= 0.6 is 0 Å². The standard InChI is InChI=1S/C15H21N3O5S/c19-18(20)15-11-13(24(21,22)17-7-9-23-10-8-17)3-4-14(15)16-6-5-12-1-2-12/h3-4,11-12,16H,1-2,5-10H2. The highest BCUT2D eigenvalue weighted by molar-refractivity contribution is 7.89. The maximum atomic E-state index is 12.6. The summed E-state index contributed by atoms with van der Waals surface area (Å²) in [6, 6.07) is 4.06. The third-order valence-electron chi connectivity index (χ3n) is 4.34. The largest absolute Gasteiger partial charge is 0.379 e. The second-order valence-electron chi connectivity index (χ2n) is 6.11. The van der Waals surface area contributed by atoms with Crippen molar-refractivity contribution >= 4 is 21.4 Å². The zero-order chi connectivity index (χ0) is 17.2. The third kappa shape index (κ3) is 3.85. The van der Waals surface area contributed by atoms with E-state index in [2.05, 4.69) is 5.32 Å². The normalized spacial score (nSPS) is 19.2. The Hall–Kier alpha value is -1.71. The summed E-state index contributed by atoms with van der Waals surface area (Å²) in [4.78, 5) is 10.7. The minimum Gasteiger partial charge on any atom is -0.379 e. The highest BCUT2D eigenvalue weighted by atomic mass is 32.2. The molecule has 0 aromatic heterocycles. The lowest BCUT2D eigenvalue weighted by Gasteiger charge is -2.26. The van der Waals surface area contributed by atoms with Crippen LogP contribution in [0.5, 0.6) is 0 Å². The average Bonchev–Trinajstić information content (AvgIpc) is 3.40. The Bertz CT molecular complexity index is 712. The molecule has 1 heterocycles. The first-order valence-corrected chi connectivity index (χ1v) is 9.52. The number of nitro groups is 1. The summed E-state index contributed by atoms with van der Waals surface area (Å²) in [6.07, 6.45) is 3.42. The molecule has 1 aliphatic heterocycles. The van der Waals surface area contributed by atoms with Crippen LogP contribution in [0.2, 0.25) is 0 Å². The van der Waals surface area contributed by atoms with Crippen LogP contribution in [0, 0.1) is 16.0 Å². The Morgan fingerprint density at radius 1 is 1.29 bits per heavy atom. The fourth-order valence-corrected chi connectivity index (χ4v) is 4.15. The molecule has 1 aromatic rings. The lowest BCUT2D eigenvalue weighted by Crippen LogP contribution is -2.40. The van der Waals surface area contributed by atoms with E-state index in [4.69, 9.17) is 4.74 Å². The molecule has 0 radical (unpaired) electrons. The molecule has 0 bridgehead atoms. The van der Waals surface area contributed by atoms with Gasteiger partial charge < -0.3 is 10.1 Å². The summed E-state index contributed by atoms with van der Waals surface area (Å²) in [7, 11) is -3.74. The molecule has 2 fully saturated rings. The quantitative estimate of drug-likeness (QED) is 0.591. The van der Waals surface area contributed by atoms with E-state index in [0.29, 0.717) is 25.4 Å². The Labute approximate surface area is 141 Å². The van der Waals surface area contributed by atoms with Gasteiger partial charge in [-0.05, 0) is 24.5 Å². The first-order valence-electron chi connectivity index (χ1n) is 8.08. The van der Waals surface area contributed by atoms with E-state index < -0.39 is 14.9 Å². The summed E-state index contributed by atoms with van der Waals surface area (Å²) in [6.45, 7) is 1.85. The van der Waals surface area contributed by atoms with Crippen molar-refractivity contribution in [2.75, 3.05) is 38.2 Å². The molecular weight excluding hydrogens is 334 g/mol. The van der Waals surface area contributed by atoms with E-state index in [1.54, 1.807) is 0 Å². The summed E-state index contributed by atoms with van der Waals surface area (Å²) in [5.41, 5.74) is 0.154. The molecule has 132 valence electrons. The monoisotopic (exact) mass is 355 g/mol. The van der Waals surface area contributed by atoms with Crippen LogP contribution in [-0.4, -0.2) is 50.5 Å². The fourth-order valence-electron chi connectivity index (χ4n) is 2.73. The van der Waals surface area contributed by atoms with E-state index in [1.165, 1.54) is 29.3 Å². The molecule has 1 saturated carbocycles. The van der Waals surface area contributed by atoms with Crippen molar-refractivity contribution in [3.8, 4) is 0 Å². The van der Waals surface area contributed by atoms with Gasteiger partial charge in [0.05, 0.1) is 23.0 Å². The van der Waals surface area contributed by atoms with E-state index in [0.717, 1.165) is 18.4 Å². The number of sulfonamides is 1. The van der Waals surface area contributed by atoms with E-state index >= 15 is 0 Å². The number of nitro benzene ring substituents is 1. The molecule has 0 atom stereocenters. The van der Waals surface area contributed by atoms with Gasteiger partial charge in [-0.1, -0.05) is 12.8 Å². The molecule has 8 nitrogen and oxygen atoms in total. The maximum absolute atomic E-state index is 12.6. The van der Waals surface area contributed by atoms with Crippen molar-refractivity contribution in [1.29, 1.82) is 0 Å². The molecule has 9 heteroatoms. The van der Waals surface area contributed by atoms with Crippen LogP contribution in [0.1, 0.15) is 19.3 Å². The second-order valence-corrected chi connectivity index (χ2v) is 8.05.